The molecule has 0 aromatic heterocycles. The summed E-state index contributed by atoms with van der Waals surface area (Å²) in [5.74, 6) is 0.893. The van der Waals surface area contributed by atoms with Crippen LogP contribution in [0.15, 0.2) is 72.8 Å². The molecule has 4 nitrogen and oxygen atoms in total. The van der Waals surface area contributed by atoms with Crippen LogP contribution in [-0.2, 0) is 5.41 Å². The maximum absolute atomic E-state index is 12.5. The summed E-state index contributed by atoms with van der Waals surface area (Å²) >= 11 is 0. The first-order chi connectivity index (χ1) is 15.0. The van der Waals surface area contributed by atoms with Gasteiger partial charge in [0.25, 0.3) is 0 Å². The lowest BCUT2D eigenvalue weighted by molar-refractivity contribution is 0.0734. The Hall–Kier alpha value is -3.40. The van der Waals surface area contributed by atoms with Crippen molar-refractivity contribution in [3.63, 3.8) is 0 Å². The molecule has 3 aromatic carbocycles. The molecule has 31 heavy (non-hydrogen) atoms. The van der Waals surface area contributed by atoms with E-state index in [1.54, 1.807) is 31.4 Å². The van der Waals surface area contributed by atoms with Crippen LogP contribution in [-0.4, -0.2) is 18.9 Å². The van der Waals surface area contributed by atoms with Crippen LogP contribution in [0.25, 0.3) is 0 Å². The molecule has 0 N–H and O–H groups in total. The maximum Gasteiger partial charge on any atom is 0.343 e. The summed E-state index contributed by atoms with van der Waals surface area (Å²) in [5.41, 5.74) is 3.50. The third kappa shape index (κ3) is 4.24. The molecule has 0 atom stereocenters. The quantitative estimate of drug-likeness (QED) is 0.283. The second-order valence-electron chi connectivity index (χ2n) is 8.07. The molecule has 0 saturated heterocycles. The van der Waals surface area contributed by atoms with Gasteiger partial charge in [-0.3, -0.25) is 4.79 Å². The number of rotatable bonds is 6. The number of carbonyl (C=O) groups is 2. The molecule has 3 aromatic rings. The van der Waals surface area contributed by atoms with Crippen molar-refractivity contribution in [2.24, 2.45) is 0 Å². The molecule has 0 bridgehead atoms. The summed E-state index contributed by atoms with van der Waals surface area (Å²) in [6.07, 6.45) is 4.58. The molecule has 0 unspecified atom stereocenters. The fourth-order valence-electron chi connectivity index (χ4n) is 4.48. The Morgan fingerprint density at radius 1 is 0.710 bits per heavy atom. The first kappa shape index (κ1) is 20.9. The topological polar surface area (TPSA) is 52.6 Å². The highest BCUT2D eigenvalue weighted by Gasteiger charge is 2.37. The van der Waals surface area contributed by atoms with Crippen LogP contribution in [0.2, 0.25) is 0 Å². The number of hydrogen-bond donors (Lipinski definition) is 0. The van der Waals surface area contributed by atoms with Crippen LogP contribution in [0, 0.1) is 0 Å². The van der Waals surface area contributed by atoms with Crippen molar-refractivity contribution < 1.29 is 19.1 Å². The van der Waals surface area contributed by atoms with Gasteiger partial charge in [-0.05, 0) is 67.3 Å². The van der Waals surface area contributed by atoms with Crippen molar-refractivity contribution in [2.45, 2.75) is 38.0 Å². The minimum atomic E-state index is -0.436. The molecule has 1 fully saturated rings. The lowest BCUT2D eigenvalue weighted by Gasteiger charge is -2.30. The summed E-state index contributed by atoms with van der Waals surface area (Å²) in [7, 11) is 1.68. The number of methoxy groups -OCH3 is 1. The number of benzene rings is 3. The number of hydrogen-bond acceptors (Lipinski definition) is 4. The van der Waals surface area contributed by atoms with Gasteiger partial charge < -0.3 is 9.47 Å². The Balaban J connectivity index is 1.53. The second kappa shape index (κ2) is 8.76. The smallest absolute Gasteiger partial charge is 0.343 e. The molecular formula is C27H26O4. The van der Waals surface area contributed by atoms with E-state index in [0.29, 0.717) is 16.9 Å². The van der Waals surface area contributed by atoms with Crippen molar-refractivity contribution in [1.29, 1.82) is 0 Å². The highest BCUT2D eigenvalue weighted by Crippen LogP contribution is 2.47. The van der Waals surface area contributed by atoms with Crippen LogP contribution in [0.1, 0.15) is 64.4 Å². The number of Topliss-reactive ketones (excluding diaryl/α,β-unsaturated/α-hetero) is 1. The third-order valence-corrected chi connectivity index (χ3v) is 6.24. The van der Waals surface area contributed by atoms with Gasteiger partial charge in [-0.15, -0.1) is 0 Å². The predicted octanol–water partition coefficient (Wildman–Crippen LogP) is 5.98. The molecule has 0 amide bonds. The fourth-order valence-corrected chi connectivity index (χ4v) is 4.48. The average Bonchev–Trinajstić information content (AvgIpc) is 3.31. The number of ether oxygens (including phenoxy) is 2. The molecule has 4 heteroatoms. The van der Waals surface area contributed by atoms with Gasteiger partial charge in [-0.25, -0.2) is 4.79 Å². The molecule has 0 aliphatic heterocycles. The third-order valence-electron chi connectivity index (χ3n) is 6.24. The van der Waals surface area contributed by atoms with Crippen LogP contribution < -0.4 is 9.47 Å². The van der Waals surface area contributed by atoms with Crippen molar-refractivity contribution in [3.05, 3.63) is 95.1 Å². The summed E-state index contributed by atoms with van der Waals surface area (Å²) in [5, 5.41) is 0. The van der Waals surface area contributed by atoms with E-state index in [9.17, 15) is 9.59 Å². The van der Waals surface area contributed by atoms with E-state index in [1.165, 1.54) is 30.9 Å². The molecule has 0 radical (unpaired) electrons. The normalized spacial score (nSPS) is 14.8. The molecule has 158 valence electrons. The number of carbonyl (C=O) groups excluding carboxylic acids is 2. The summed E-state index contributed by atoms with van der Waals surface area (Å²) in [6, 6.07) is 22.7. The van der Waals surface area contributed by atoms with Crippen molar-refractivity contribution in [2.75, 3.05) is 7.11 Å². The van der Waals surface area contributed by atoms with Gasteiger partial charge in [0.2, 0.25) is 0 Å². The Labute approximate surface area is 182 Å². The van der Waals surface area contributed by atoms with Gasteiger partial charge in [0.15, 0.2) is 5.78 Å². The van der Waals surface area contributed by atoms with Crippen LogP contribution in [0.5, 0.6) is 11.5 Å². The van der Waals surface area contributed by atoms with Gasteiger partial charge in [0, 0.05) is 11.0 Å². The summed E-state index contributed by atoms with van der Waals surface area (Å²) in [6.45, 7) is 1.50. The van der Waals surface area contributed by atoms with Crippen molar-refractivity contribution in [3.8, 4) is 11.5 Å². The molecular weight excluding hydrogens is 388 g/mol. The fraction of sp³-hybridized carbons (Fsp3) is 0.259. The number of ketones is 1. The monoisotopic (exact) mass is 414 g/mol. The number of esters is 1. The average molecular weight is 415 g/mol. The van der Waals surface area contributed by atoms with E-state index in [2.05, 4.69) is 24.3 Å². The Morgan fingerprint density at radius 2 is 1.19 bits per heavy atom. The van der Waals surface area contributed by atoms with Crippen LogP contribution in [0.3, 0.4) is 0 Å². The van der Waals surface area contributed by atoms with Crippen LogP contribution >= 0.6 is 0 Å². The van der Waals surface area contributed by atoms with E-state index in [4.69, 9.17) is 9.47 Å². The minimum Gasteiger partial charge on any atom is -0.497 e. The first-order valence-electron chi connectivity index (χ1n) is 10.6. The van der Waals surface area contributed by atoms with Gasteiger partial charge >= 0.3 is 5.97 Å². The highest BCUT2D eigenvalue weighted by atomic mass is 16.5. The van der Waals surface area contributed by atoms with Crippen LogP contribution in [0.4, 0.5) is 0 Å². The largest absolute Gasteiger partial charge is 0.497 e. The zero-order valence-electron chi connectivity index (χ0n) is 17.9. The zero-order valence-corrected chi connectivity index (χ0v) is 17.9. The zero-order chi connectivity index (χ0) is 21.8. The second-order valence-corrected chi connectivity index (χ2v) is 8.07. The van der Waals surface area contributed by atoms with Gasteiger partial charge in [-0.2, -0.15) is 0 Å². The molecule has 0 heterocycles. The van der Waals surface area contributed by atoms with E-state index in [1.807, 2.05) is 24.3 Å². The van der Waals surface area contributed by atoms with E-state index < -0.39 is 5.97 Å². The molecule has 1 aliphatic rings. The SMILES string of the molecule is COc1ccc(C2(c3ccc(OC(=O)c4ccc(C(C)=O)cc4)cc3)CCCC2)cc1. The highest BCUT2D eigenvalue weighted by molar-refractivity contribution is 5.96. The lowest BCUT2D eigenvalue weighted by Crippen LogP contribution is -2.23. The maximum atomic E-state index is 12.5. The predicted molar refractivity (Wildman–Crippen MR) is 120 cm³/mol. The minimum absolute atomic E-state index is 0.0165. The standard InChI is InChI=1S/C27H26O4/c1-19(28)20-5-7-21(8-6-20)26(29)31-25-15-11-23(12-16-25)27(17-3-4-18-27)22-9-13-24(30-2)14-10-22/h5-16H,3-4,17-18H2,1-2H3. The van der Waals surface area contributed by atoms with Crippen molar-refractivity contribution in [1.82, 2.24) is 0 Å². The molecule has 0 spiro atoms. The van der Waals surface area contributed by atoms with E-state index >= 15 is 0 Å². The Morgan fingerprint density at radius 3 is 1.68 bits per heavy atom. The summed E-state index contributed by atoms with van der Waals surface area (Å²) < 4.78 is 10.9. The molecule has 1 saturated carbocycles. The van der Waals surface area contributed by atoms with Gasteiger partial charge in [0.05, 0.1) is 12.7 Å². The molecule has 1 aliphatic carbocycles. The first-order valence-corrected chi connectivity index (χ1v) is 10.6. The Bertz CT molecular complexity index is 1060. The van der Waals surface area contributed by atoms with Crippen molar-refractivity contribution >= 4 is 11.8 Å². The van der Waals surface area contributed by atoms with E-state index in [-0.39, 0.29) is 11.2 Å². The van der Waals surface area contributed by atoms with Gasteiger partial charge in [0.1, 0.15) is 11.5 Å². The summed E-state index contributed by atoms with van der Waals surface area (Å²) in [4.78, 5) is 23.9. The Kier molecular flexibility index (Phi) is 5.90. The van der Waals surface area contributed by atoms with E-state index in [0.717, 1.165) is 18.6 Å². The van der Waals surface area contributed by atoms with Gasteiger partial charge in [-0.1, -0.05) is 49.2 Å². The molecule has 4 rings (SSSR count). The lowest BCUT2D eigenvalue weighted by atomic mass is 9.73.